The maximum Gasteiger partial charge on any atom is 0.254 e. The first-order valence-electron chi connectivity index (χ1n) is 3.39. The molecule has 0 aromatic rings. The van der Waals surface area contributed by atoms with E-state index >= 15 is 0 Å². The van der Waals surface area contributed by atoms with Crippen molar-refractivity contribution in [2.24, 2.45) is 5.10 Å². The number of hydrazone groups is 1. The minimum absolute atomic E-state index is 0.138. The third kappa shape index (κ3) is 5.09. The minimum Gasteiger partial charge on any atom is -0.272 e. The molecule has 0 aliphatic carbocycles. The van der Waals surface area contributed by atoms with Gasteiger partial charge in [0.05, 0.1) is 6.07 Å². The SMILES string of the molecule is CC/C(C)=N\NC(=O)CC#N. The molecule has 0 aliphatic rings. The van der Waals surface area contributed by atoms with Crippen molar-refractivity contribution in [1.29, 1.82) is 5.26 Å². The molecule has 0 radical (unpaired) electrons. The number of hydrogen-bond acceptors (Lipinski definition) is 3. The molecule has 0 atom stereocenters. The minimum atomic E-state index is -0.361. The second-order valence-corrected chi connectivity index (χ2v) is 2.07. The topological polar surface area (TPSA) is 65.2 Å². The number of rotatable bonds is 3. The molecule has 0 heterocycles. The third-order valence-electron chi connectivity index (χ3n) is 1.12. The lowest BCUT2D eigenvalue weighted by atomic mass is 10.3. The molecule has 1 N–H and O–H groups in total. The summed E-state index contributed by atoms with van der Waals surface area (Å²) in [6.07, 6.45) is 0.660. The maximum absolute atomic E-state index is 10.6. The molecule has 11 heavy (non-hydrogen) atoms. The summed E-state index contributed by atoms with van der Waals surface area (Å²) in [6, 6.07) is 1.73. The van der Waals surface area contributed by atoms with Crippen molar-refractivity contribution in [2.45, 2.75) is 26.7 Å². The maximum atomic E-state index is 10.6. The van der Waals surface area contributed by atoms with Crippen LogP contribution in [-0.2, 0) is 4.79 Å². The lowest BCUT2D eigenvalue weighted by molar-refractivity contribution is -0.120. The standard InChI is InChI=1S/C7H11N3O/c1-3-6(2)9-10-7(11)4-5-8/h3-4H2,1-2H3,(H,10,11)/b9-6-. The monoisotopic (exact) mass is 153 g/mol. The molecule has 0 aromatic heterocycles. The average molecular weight is 153 g/mol. The van der Waals surface area contributed by atoms with Crippen LogP contribution in [0, 0.1) is 11.3 Å². The second-order valence-electron chi connectivity index (χ2n) is 2.07. The lowest BCUT2D eigenvalue weighted by Crippen LogP contribution is -2.17. The van der Waals surface area contributed by atoms with Gasteiger partial charge >= 0.3 is 0 Å². The highest BCUT2D eigenvalue weighted by Crippen LogP contribution is 1.82. The Labute approximate surface area is 65.9 Å². The molecular formula is C7H11N3O. The molecule has 0 rings (SSSR count). The number of nitrogens with zero attached hydrogens (tertiary/aromatic N) is 2. The molecule has 4 heteroatoms. The van der Waals surface area contributed by atoms with Gasteiger partial charge in [-0.2, -0.15) is 10.4 Å². The summed E-state index contributed by atoms with van der Waals surface area (Å²) in [4.78, 5) is 10.6. The summed E-state index contributed by atoms with van der Waals surface area (Å²) in [5, 5.41) is 11.8. The van der Waals surface area contributed by atoms with Gasteiger partial charge in [-0.05, 0) is 13.3 Å². The number of carbonyl (C=O) groups excluding carboxylic acids is 1. The van der Waals surface area contributed by atoms with Gasteiger partial charge in [-0.3, -0.25) is 4.79 Å². The van der Waals surface area contributed by atoms with Crippen LogP contribution in [0.2, 0.25) is 0 Å². The van der Waals surface area contributed by atoms with Gasteiger partial charge < -0.3 is 0 Å². The van der Waals surface area contributed by atoms with Crippen LogP contribution >= 0.6 is 0 Å². The van der Waals surface area contributed by atoms with Crippen molar-refractivity contribution in [1.82, 2.24) is 5.43 Å². The van der Waals surface area contributed by atoms with Crippen LogP contribution in [0.15, 0.2) is 5.10 Å². The number of nitrogens with one attached hydrogen (secondary N) is 1. The van der Waals surface area contributed by atoms with Crippen molar-refractivity contribution in [3.63, 3.8) is 0 Å². The Hall–Kier alpha value is -1.37. The van der Waals surface area contributed by atoms with Gasteiger partial charge in [0, 0.05) is 5.71 Å². The van der Waals surface area contributed by atoms with Crippen LogP contribution in [0.4, 0.5) is 0 Å². The molecule has 0 aromatic carbocycles. The quantitative estimate of drug-likeness (QED) is 0.481. The van der Waals surface area contributed by atoms with Crippen molar-refractivity contribution < 1.29 is 4.79 Å². The number of nitriles is 1. The van der Waals surface area contributed by atoms with E-state index in [1.54, 1.807) is 6.07 Å². The van der Waals surface area contributed by atoms with Crippen LogP contribution in [0.3, 0.4) is 0 Å². The normalized spacial score (nSPS) is 10.5. The van der Waals surface area contributed by atoms with Crippen LogP contribution < -0.4 is 5.43 Å². The molecule has 0 unspecified atom stereocenters. The van der Waals surface area contributed by atoms with E-state index in [1.807, 2.05) is 13.8 Å². The fourth-order valence-corrected chi connectivity index (χ4v) is 0.348. The van der Waals surface area contributed by atoms with Crippen molar-refractivity contribution >= 4 is 11.6 Å². The van der Waals surface area contributed by atoms with Crippen molar-refractivity contribution in [3.05, 3.63) is 0 Å². The second kappa shape index (κ2) is 5.42. The summed E-state index contributed by atoms with van der Waals surface area (Å²) in [6.45, 7) is 3.75. The van der Waals surface area contributed by atoms with Crippen LogP contribution in [0.25, 0.3) is 0 Å². The molecule has 4 nitrogen and oxygen atoms in total. The largest absolute Gasteiger partial charge is 0.272 e. The molecule has 0 spiro atoms. The fourth-order valence-electron chi connectivity index (χ4n) is 0.348. The zero-order chi connectivity index (χ0) is 8.69. The zero-order valence-electron chi connectivity index (χ0n) is 6.72. The third-order valence-corrected chi connectivity index (χ3v) is 1.12. The number of carbonyl (C=O) groups is 1. The molecule has 0 aliphatic heterocycles. The van der Waals surface area contributed by atoms with Gasteiger partial charge in [0.1, 0.15) is 6.42 Å². The Kier molecular flexibility index (Phi) is 4.74. The molecule has 0 bridgehead atoms. The summed E-state index contributed by atoms with van der Waals surface area (Å²) < 4.78 is 0. The first-order valence-corrected chi connectivity index (χ1v) is 3.39. The van der Waals surface area contributed by atoms with Gasteiger partial charge in [0.2, 0.25) is 0 Å². The Bertz CT molecular complexity index is 202. The smallest absolute Gasteiger partial charge is 0.254 e. The summed E-state index contributed by atoms with van der Waals surface area (Å²) in [5.74, 6) is -0.361. The highest BCUT2D eigenvalue weighted by molar-refractivity contribution is 5.84. The van der Waals surface area contributed by atoms with Gasteiger partial charge in [0.25, 0.3) is 5.91 Å². The molecule has 60 valence electrons. The molecule has 0 saturated heterocycles. The van der Waals surface area contributed by atoms with E-state index in [0.29, 0.717) is 0 Å². The van der Waals surface area contributed by atoms with E-state index in [-0.39, 0.29) is 12.3 Å². The summed E-state index contributed by atoms with van der Waals surface area (Å²) in [7, 11) is 0. The van der Waals surface area contributed by atoms with Crippen LogP contribution in [0.1, 0.15) is 26.7 Å². The van der Waals surface area contributed by atoms with E-state index in [1.165, 1.54) is 0 Å². The lowest BCUT2D eigenvalue weighted by Gasteiger charge is -1.95. The molecule has 1 amide bonds. The molecular weight excluding hydrogens is 142 g/mol. The van der Waals surface area contributed by atoms with Gasteiger partial charge in [-0.1, -0.05) is 6.92 Å². The predicted molar refractivity (Wildman–Crippen MR) is 41.8 cm³/mol. The first kappa shape index (κ1) is 9.63. The van der Waals surface area contributed by atoms with E-state index in [2.05, 4.69) is 10.5 Å². The average Bonchev–Trinajstić information content (AvgIpc) is 2.01. The Morgan fingerprint density at radius 2 is 2.36 bits per heavy atom. The van der Waals surface area contributed by atoms with Crippen LogP contribution in [0.5, 0.6) is 0 Å². The molecule has 0 fully saturated rings. The Morgan fingerprint density at radius 3 is 2.82 bits per heavy atom. The van der Waals surface area contributed by atoms with Crippen LogP contribution in [-0.4, -0.2) is 11.6 Å². The Balaban J connectivity index is 3.71. The van der Waals surface area contributed by atoms with Gasteiger partial charge in [-0.15, -0.1) is 0 Å². The highest BCUT2D eigenvalue weighted by Gasteiger charge is 1.95. The molecule has 0 saturated carbocycles. The van der Waals surface area contributed by atoms with E-state index in [4.69, 9.17) is 5.26 Å². The summed E-state index contributed by atoms with van der Waals surface area (Å²) in [5.41, 5.74) is 3.10. The van der Waals surface area contributed by atoms with Crippen molar-refractivity contribution in [3.8, 4) is 6.07 Å². The Morgan fingerprint density at radius 1 is 1.73 bits per heavy atom. The highest BCUT2D eigenvalue weighted by atomic mass is 16.2. The summed E-state index contributed by atoms with van der Waals surface area (Å²) >= 11 is 0. The van der Waals surface area contributed by atoms with E-state index in [0.717, 1.165) is 12.1 Å². The predicted octanol–water partition coefficient (Wildman–Crippen LogP) is 0.802. The van der Waals surface area contributed by atoms with Gasteiger partial charge in [0.15, 0.2) is 0 Å². The zero-order valence-corrected chi connectivity index (χ0v) is 6.72. The number of hydrogen-bond donors (Lipinski definition) is 1. The fraction of sp³-hybridized carbons (Fsp3) is 0.571. The van der Waals surface area contributed by atoms with Crippen molar-refractivity contribution in [2.75, 3.05) is 0 Å². The van der Waals surface area contributed by atoms with Gasteiger partial charge in [-0.25, -0.2) is 5.43 Å². The van der Waals surface area contributed by atoms with E-state index < -0.39 is 0 Å². The number of amides is 1. The van der Waals surface area contributed by atoms with E-state index in [9.17, 15) is 4.79 Å². The first-order chi connectivity index (χ1) is 5.20.